The van der Waals surface area contributed by atoms with E-state index in [0.29, 0.717) is 11.4 Å². The summed E-state index contributed by atoms with van der Waals surface area (Å²) in [5.41, 5.74) is 3.36. The van der Waals surface area contributed by atoms with Crippen molar-refractivity contribution < 1.29 is 18.7 Å². The second kappa shape index (κ2) is 9.96. The lowest BCUT2D eigenvalue weighted by molar-refractivity contribution is -0.120. The van der Waals surface area contributed by atoms with Crippen LogP contribution in [0, 0.1) is 11.7 Å². The van der Waals surface area contributed by atoms with Crippen LogP contribution < -0.4 is 15.0 Å². The van der Waals surface area contributed by atoms with Crippen molar-refractivity contribution in [2.45, 2.75) is 19.0 Å². The normalized spacial score (nSPS) is 18.9. The number of carbonyl (C=O) groups excluding carboxylic acids is 2. The third-order valence-electron chi connectivity index (χ3n) is 7.39. The zero-order chi connectivity index (χ0) is 28.0. The molecule has 1 unspecified atom stereocenters. The third kappa shape index (κ3) is 4.37. The van der Waals surface area contributed by atoms with Crippen molar-refractivity contribution in [1.29, 1.82) is 0 Å². The Bertz CT molecular complexity index is 1710. The molecule has 0 aliphatic carbocycles. The molecule has 3 atom stereocenters. The van der Waals surface area contributed by atoms with Crippen LogP contribution in [0.5, 0.6) is 5.75 Å². The molecule has 2 aromatic heterocycles. The molecule has 3 heterocycles. The summed E-state index contributed by atoms with van der Waals surface area (Å²) in [6.45, 7) is 1.83. The van der Waals surface area contributed by atoms with E-state index in [9.17, 15) is 14.0 Å². The number of carbonyl (C=O) groups is 2. The van der Waals surface area contributed by atoms with Crippen molar-refractivity contribution >= 4 is 28.4 Å². The standard InChI is InChI=1S/C30H27FN6O3/c1-18-27(33-29(38)25-14-15-35(2)34-25)28(19-4-11-24(40-3)12-5-19)36(30(18)39)23-10-13-26-20(16-23)17-32-37(26)22-8-6-21(31)7-9-22/h4-18,27-28H,1-3H3,(H,33,38)/t18-,27-,28?/m0/s1. The molecule has 0 saturated carbocycles. The average molecular weight is 539 g/mol. The molecule has 0 bridgehead atoms. The van der Waals surface area contributed by atoms with E-state index in [4.69, 9.17) is 4.74 Å². The van der Waals surface area contributed by atoms with Crippen LogP contribution in [-0.2, 0) is 11.8 Å². The number of rotatable bonds is 6. The number of amides is 2. The summed E-state index contributed by atoms with van der Waals surface area (Å²) in [6, 6.07) is 19.9. The Kier molecular flexibility index (Phi) is 6.30. The topological polar surface area (TPSA) is 94.3 Å². The summed E-state index contributed by atoms with van der Waals surface area (Å²) in [4.78, 5) is 28.7. The minimum absolute atomic E-state index is 0.114. The zero-order valence-electron chi connectivity index (χ0n) is 22.2. The van der Waals surface area contributed by atoms with Crippen LogP contribution in [0.25, 0.3) is 16.6 Å². The van der Waals surface area contributed by atoms with Gasteiger partial charge in [-0.2, -0.15) is 10.2 Å². The van der Waals surface area contributed by atoms with Gasteiger partial charge in [0.1, 0.15) is 17.3 Å². The number of methoxy groups -OCH3 is 1. The quantitative estimate of drug-likeness (QED) is 0.345. The van der Waals surface area contributed by atoms with Crippen LogP contribution in [0.2, 0.25) is 0 Å². The molecule has 202 valence electrons. The first kappa shape index (κ1) is 25.3. The van der Waals surface area contributed by atoms with Gasteiger partial charge in [-0.3, -0.25) is 14.3 Å². The van der Waals surface area contributed by atoms with Gasteiger partial charge in [-0.15, -0.1) is 0 Å². The van der Waals surface area contributed by atoms with Crippen LogP contribution in [0.3, 0.4) is 0 Å². The molecule has 0 radical (unpaired) electrons. The highest BCUT2D eigenvalue weighted by Crippen LogP contribution is 2.41. The van der Waals surface area contributed by atoms with Gasteiger partial charge >= 0.3 is 0 Å². The van der Waals surface area contributed by atoms with E-state index in [0.717, 1.165) is 22.2 Å². The molecule has 1 fully saturated rings. The molecule has 1 aliphatic rings. The van der Waals surface area contributed by atoms with Crippen molar-refractivity contribution in [3.63, 3.8) is 0 Å². The van der Waals surface area contributed by atoms with E-state index < -0.39 is 18.0 Å². The van der Waals surface area contributed by atoms with Gasteiger partial charge in [0.05, 0.1) is 42.5 Å². The van der Waals surface area contributed by atoms with Crippen molar-refractivity contribution in [2.24, 2.45) is 13.0 Å². The first-order valence-corrected chi connectivity index (χ1v) is 12.9. The van der Waals surface area contributed by atoms with E-state index in [1.54, 1.807) is 59.0 Å². The number of halogens is 1. The molecule has 6 rings (SSSR count). The average Bonchev–Trinajstić information content (AvgIpc) is 3.66. The summed E-state index contributed by atoms with van der Waals surface area (Å²) < 4.78 is 22.1. The summed E-state index contributed by atoms with van der Waals surface area (Å²) in [6.07, 6.45) is 3.42. The highest BCUT2D eigenvalue weighted by molar-refractivity contribution is 6.02. The first-order chi connectivity index (χ1) is 19.3. The minimum Gasteiger partial charge on any atom is -0.497 e. The Hall–Kier alpha value is -4.99. The van der Waals surface area contributed by atoms with Gasteiger partial charge in [-0.05, 0) is 66.2 Å². The molecule has 9 nitrogen and oxygen atoms in total. The number of ether oxygens (including phenoxy) is 1. The SMILES string of the molecule is COc1ccc(C2[C@@H](NC(=O)c3ccn(C)n3)[C@H](C)C(=O)N2c2ccc3c(cnn3-c3ccc(F)cc3)c2)cc1. The monoisotopic (exact) mass is 538 g/mol. The number of anilines is 1. The van der Waals surface area contributed by atoms with Gasteiger partial charge in [-0.25, -0.2) is 9.07 Å². The van der Waals surface area contributed by atoms with E-state index in [2.05, 4.69) is 15.5 Å². The Morgan fingerprint density at radius 3 is 2.40 bits per heavy atom. The lowest BCUT2D eigenvalue weighted by Crippen LogP contribution is -2.42. The van der Waals surface area contributed by atoms with Gasteiger partial charge in [0, 0.05) is 24.3 Å². The van der Waals surface area contributed by atoms with E-state index in [1.807, 2.05) is 49.4 Å². The molecule has 1 aliphatic heterocycles. The fraction of sp³-hybridized carbons (Fsp3) is 0.200. The molecule has 40 heavy (non-hydrogen) atoms. The molecular formula is C30H27FN6O3. The molecule has 1 N–H and O–H groups in total. The lowest BCUT2D eigenvalue weighted by atomic mass is 9.94. The number of hydrogen-bond acceptors (Lipinski definition) is 5. The van der Waals surface area contributed by atoms with Gasteiger partial charge in [0.15, 0.2) is 0 Å². The number of hydrogen-bond donors (Lipinski definition) is 1. The number of nitrogens with zero attached hydrogens (tertiary/aromatic N) is 5. The van der Waals surface area contributed by atoms with Crippen molar-refractivity contribution in [3.05, 3.63) is 102 Å². The van der Waals surface area contributed by atoms with Gasteiger partial charge in [0.25, 0.3) is 5.91 Å². The van der Waals surface area contributed by atoms with Crippen LogP contribution in [0.4, 0.5) is 10.1 Å². The predicted molar refractivity (Wildman–Crippen MR) is 148 cm³/mol. The molecule has 5 aromatic rings. The van der Waals surface area contributed by atoms with Gasteiger partial charge in [-0.1, -0.05) is 19.1 Å². The summed E-state index contributed by atoms with van der Waals surface area (Å²) in [5, 5.41) is 12.6. The van der Waals surface area contributed by atoms with Crippen LogP contribution in [0.15, 0.2) is 85.2 Å². The smallest absolute Gasteiger partial charge is 0.272 e. The Balaban J connectivity index is 1.40. The number of fused-ring (bicyclic) bond motifs is 1. The van der Waals surface area contributed by atoms with E-state index in [1.165, 1.54) is 12.1 Å². The molecule has 0 spiro atoms. The van der Waals surface area contributed by atoms with Crippen molar-refractivity contribution in [3.8, 4) is 11.4 Å². The highest BCUT2D eigenvalue weighted by Gasteiger charge is 2.48. The Morgan fingerprint density at radius 1 is 1.00 bits per heavy atom. The fourth-order valence-electron chi connectivity index (χ4n) is 5.31. The predicted octanol–water partition coefficient (Wildman–Crippen LogP) is 4.43. The van der Waals surface area contributed by atoms with Crippen LogP contribution >= 0.6 is 0 Å². The second-order valence-electron chi connectivity index (χ2n) is 9.86. The lowest BCUT2D eigenvalue weighted by Gasteiger charge is -2.29. The maximum Gasteiger partial charge on any atom is 0.272 e. The first-order valence-electron chi connectivity index (χ1n) is 12.9. The maximum atomic E-state index is 13.8. The summed E-state index contributed by atoms with van der Waals surface area (Å²) in [5.74, 6) is -0.591. The van der Waals surface area contributed by atoms with Crippen LogP contribution in [0.1, 0.15) is 29.0 Å². The van der Waals surface area contributed by atoms with Gasteiger partial charge < -0.3 is 15.0 Å². The third-order valence-corrected chi connectivity index (χ3v) is 7.39. The number of aryl methyl sites for hydroxylation is 1. The van der Waals surface area contributed by atoms with Gasteiger partial charge in [0.2, 0.25) is 5.91 Å². The number of benzene rings is 3. The zero-order valence-corrected chi connectivity index (χ0v) is 22.2. The number of nitrogens with one attached hydrogen (secondary N) is 1. The number of aromatic nitrogens is 4. The molecule has 10 heteroatoms. The molecule has 1 saturated heterocycles. The maximum absolute atomic E-state index is 13.8. The molecular weight excluding hydrogens is 511 g/mol. The highest BCUT2D eigenvalue weighted by atomic mass is 19.1. The Morgan fingerprint density at radius 2 is 1.73 bits per heavy atom. The summed E-state index contributed by atoms with van der Waals surface area (Å²) in [7, 11) is 3.34. The van der Waals surface area contributed by atoms with E-state index >= 15 is 0 Å². The summed E-state index contributed by atoms with van der Waals surface area (Å²) >= 11 is 0. The van der Waals surface area contributed by atoms with Crippen molar-refractivity contribution in [1.82, 2.24) is 24.9 Å². The van der Waals surface area contributed by atoms with E-state index in [-0.39, 0.29) is 23.3 Å². The largest absolute Gasteiger partial charge is 0.497 e. The Labute approximate surface area is 229 Å². The van der Waals surface area contributed by atoms with Crippen LogP contribution in [-0.4, -0.2) is 44.5 Å². The second-order valence-corrected chi connectivity index (χ2v) is 9.86. The molecule has 3 aromatic carbocycles. The minimum atomic E-state index is -0.520. The molecule has 2 amide bonds. The fourth-order valence-corrected chi connectivity index (χ4v) is 5.31. The van der Waals surface area contributed by atoms with Crippen molar-refractivity contribution in [2.75, 3.05) is 12.0 Å².